The van der Waals surface area contributed by atoms with Gasteiger partial charge in [-0.05, 0) is 47.2 Å². The van der Waals surface area contributed by atoms with Crippen molar-refractivity contribution in [3.63, 3.8) is 0 Å². The van der Waals surface area contributed by atoms with Crippen LogP contribution in [-0.2, 0) is 7.05 Å². The zero-order valence-corrected chi connectivity index (χ0v) is 18.4. The Bertz CT molecular complexity index is 1170. The molecule has 3 N–H and O–H groups in total. The van der Waals surface area contributed by atoms with E-state index in [4.69, 9.17) is 0 Å². The number of nitrogens with one attached hydrogen (secondary N) is 2. The molecule has 1 fully saturated rings. The van der Waals surface area contributed by atoms with Crippen LogP contribution in [0.5, 0.6) is 0 Å². The summed E-state index contributed by atoms with van der Waals surface area (Å²) in [5.74, 6) is -1.20. The number of carbonyl (C=O) groups excluding carboxylic acids is 2. The second kappa shape index (κ2) is 9.40. The summed E-state index contributed by atoms with van der Waals surface area (Å²) in [6, 6.07) is 2.60. The third-order valence-corrected chi connectivity index (χ3v) is 6.99. The summed E-state index contributed by atoms with van der Waals surface area (Å²) in [5, 5.41) is 26.0. The van der Waals surface area contributed by atoms with Gasteiger partial charge in [0.05, 0.1) is 5.56 Å². The average molecular weight is 475 g/mol. The molecule has 14 heteroatoms. The Morgan fingerprint density at radius 2 is 2.03 bits per heavy atom. The van der Waals surface area contributed by atoms with Crippen molar-refractivity contribution in [1.82, 2.24) is 30.2 Å². The van der Waals surface area contributed by atoms with Gasteiger partial charge in [-0.2, -0.15) is 0 Å². The summed E-state index contributed by atoms with van der Waals surface area (Å²) in [7, 11) is 1.62. The SMILES string of the molecule is Cn1nnnc1Sc1sc(NC(=O)Nc2ncccc2C(=O)C2CCCC2)nc1C(=O)O. The second-order valence-corrected chi connectivity index (χ2v) is 9.21. The van der Waals surface area contributed by atoms with Crippen molar-refractivity contribution in [3.8, 4) is 0 Å². The molecule has 0 bridgehead atoms. The number of ketones is 1. The van der Waals surface area contributed by atoms with Crippen LogP contribution in [0.25, 0.3) is 0 Å². The van der Waals surface area contributed by atoms with Crippen molar-refractivity contribution in [1.29, 1.82) is 0 Å². The van der Waals surface area contributed by atoms with Crippen LogP contribution in [0.4, 0.5) is 15.7 Å². The Morgan fingerprint density at radius 1 is 1.25 bits per heavy atom. The van der Waals surface area contributed by atoms with Crippen LogP contribution in [0.15, 0.2) is 27.7 Å². The lowest BCUT2D eigenvalue weighted by Gasteiger charge is -2.12. The molecule has 0 radical (unpaired) electrons. The van der Waals surface area contributed by atoms with Gasteiger partial charge in [-0.25, -0.2) is 24.2 Å². The minimum Gasteiger partial charge on any atom is -0.476 e. The van der Waals surface area contributed by atoms with Crippen molar-refractivity contribution in [2.24, 2.45) is 13.0 Å². The van der Waals surface area contributed by atoms with Gasteiger partial charge in [0, 0.05) is 19.2 Å². The number of urea groups is 1. The van der Waals surface area contributed by atoms with Crippen LogP contribution in [0.2, 0.25) is 0 Å². The summed E-state index contributed by atoms with van der Waals surface area (Å²) in [4.78, 5) is 45.0. The number of hydrogen-bond donors (Lipinski definition) is 3. The van der Waals surface area contributed by atoms with Crippen LogP contribution in [0.3, 0.4) is 0 Å². The Balaban J connectivity index is 1.49. The Kier molecular flexibility index (Phi) is 6.41. The number of carboxylic acids is 1. The first-order valence-corrected chi connectivity index (χ1v) is 11.3. The van der Waals surface area contributed by atoms with E-state index < -0.39 is 12.0 Å². The molecule has 1 aliphatic rings. The van der Waals surface area contributed by atoms with E-state index in [1.54, 1.807) is 19.2 Å². The van der Waals surface area contributed by atoms with Crippen LogP contribution in [-0.4, -0.2) is 53.1 Å². The van der Waals surface area contributed by atoms with Gasteiger partial charge < -0.3 is 5.11 Å². The molecule has 3 aromatic rings. The van der Waals surface area contributed by atoms with Crippen molar-refractivity contribution in [2.45, 2.75) is 35.0 Å². The van der Waals surface area contributed by atoms with Crippen LogP contribution in [0, 0.1) is 5.92 Å². The molecule has 0 atom stereocenters. The van der Waals surface area contributed by atoms with E-state index in [0.29, 0.717) is 14.9 Å². The monoisotopic (exact) mass is 474 g/mol. The summed E-state index contributed by atoms with van der Waals surface area (Å²) < 4.78 is 1.69. The molecule has 32 heavy (non-hydrogen) atoms. The molecular weight excluding hydrogens is 456 g/mol. The summed E-state index contributed by atoms with van der Waals surface area (Å²) in [5.41, 5.74) is 0.124. The van der Waals surface area contributed by atoms with Gasteiger partial charge in [0.15, 0.2) is 16.6 Å². The first kappa shape index (κ1) is 21.8. The zero-order chi connectivity index (χ0) is 22.7. The zero-order valence-electron chi connectivity index (χ0n) is 16.8. The number of rotatable bonds is 7. The van der Waals surface area contributed by atoms with Crippen LogP contribution >= 0.6 is 23.1 Å². The molecule has 166 valence electrons. The summed E-state index contributed by atoms with van der Waals surface area (Å²) >= 11 is 1.99. The summed E-state index contributed by atoms with van der Waals surface area (Å²) in [6.45, 7) is 0. The van der Waals surface area contributed by atoms with Gasteiger partial charge in [0.25, 0.3) is 0 Å². The van der Waals surface area contributed by atoms with E-state index in [-0.39, 0.29) is 28.3 Å². The van der Waals surface area contributed by atoms with Crippen LogP contribution < -0.4 is 10.6 Å². The molecule has 12 nitrogen and oxygen atoms in total. The fourth-order valence-corrected chi connectivity index (χ4v) is 5.26. The Hall–Kier alpha value is -3.39. The number of carbonyl (C=O) groups is 3. The number of anilines is 2. The number of hydrogen-bond acceptors (Lipinski definition) is 10. The fraction of sp³-hybridized carbons (Fsp3) is 0.333. The number of carboxylic acid groups (broad SMARTS) is 1. The molecule has 0 spiro atoms. The van der Waals surface area contributed by atoms with E-state index >= 15 is 0 Å². The molecule has 1 aliphatic carbocycles. The molecular formula is C18H18N8O4S2. The number of pyridine rings is 1. The highest BCUT2D eigenvalue weighted by atomic mass is 32.2. The van der Waals surface area contributed by atoms with Gasteiger partial charge >= 0.3 is 12.0 Å². The fourth-order valence-electron chi connectivity index (χ4n) is 3.30. The van der Waals surface area contributed by atoms with Gasteiger partial charge in [0.1, 0.15) is 10.0 Å². The lowest BCUT2D eigenvalue weighted by Crippen LogP contribution is -2.23. The average Bonchev–Trinajstić information content (AvgIpc) is 3.51. The molecule has 3 heterocycles. The number of aryl methyl sites for hydroxylation is 1. The van der Waals surface area contributed by atoms with Gasteiger partial charge in [-0.1, -0.05) is 24.2 Å². The number of thiazole rings is 1. The lowest BCUT2D eigenvalue weighted by molar-refractivity contribution is 0.0687. The first-order valence-electron chi connectivity index (χ1n) is 9.64. The molecule has 0 saturated heterocycles. The minimum absolute atomic E-state index is 0.0377. The number of nitrogens with zero attached hydrogens (tertiary/aromatic N) is 6. The topological polar surface area (TPSA) is 165 Å². The highest BCUT2D eigenvalue weighted by molar-refractivity contribution is 8.01. The highest BCUT2D eigenvalue weighted by Gasteiger charge is 2.27. The van der Waals surface area contributed by atoms with Gasteiger partial charge in [-0.3, -0.25) is 15.4 Å². The molecule has 0 aliphatic heterocycles. The second-order valence-electron chi connectivity index (χ2n) is 6.97. The Labute approximate surface area is 189 Å². The van der Waals surface area contributed by atoms with E-state index in [0.717, 1.165) is 48.8 Å². The standard InChI is InChI=1S/C18H18N8O4S2/c1-26-18(23-24-25-26)32-15-11(14(28)29)20-17(31-15)22-16(30)21-13-10(7-4-8-19-13)12(27)9-5-2-3-6-9/h4,7-9H,2-3,5-6H2,1H3,(H,28,29)(H2,19,20,21,22,30). The lowest BCUT2D eigenvalue weighted by atomic mass is 9.97. The molecule has 2 amide bonds. The maximum absolute atomic E-state index is 12.8. The van der Waals surface area contributed by atoms with Crippen LogP contribution in [0.1, 0.15) is 46.5 Å². The van der Waals surface area contributed by atoms with E-state index in [9.17, 15) is 19.5 Å². The van der Waals surface area contributed by atoms with Gasteiger partial charge in [-0.15, -0.1) is 5.10 Å². The number of Topliss-reactive ketones (excluding diaryl/α,β-unsaturated/α-hetero) is 1. The molecule has 0 aromatic carbocycles. The van der Waals surface area contributed by atoms with Crippen molar-refractivity contribution >= 4 is 51.8 Å². The summed E-state index contributed by atoms with van der Waals surface area (Å²) in [6.07, 6.45) is 5.17. The highest BCUT2D eigenvalue weighted by Crippen LogP contribution is 2.36. The maximum atomic E-state index is 12.8. The number of tetrazole rings is 1. The van der Waals surface area contributed by atoms with Crippen molar-refractivity contribution < 1.29 is 19.5 Å². The third-order valence-electron chi connectivity index (χ3n) is 4.82. The van der Waals surface area contributed by atoms with Gasteiger partial charge in [0.2, 0.25) is 5.16 Å². The number of amides is 2. The smallest absolute Gasteiger partial charge is 0.356 e. The molecule has 0 unspecified atom stereocenters. The largest absolute Gasteiger partial charge is 0.476 e. The maximum Gasteiger partial charge on any atom is 0.356 e. The molecule has 3 aromatic heterocycles. The third kappa shape index (κ3) is 4.75. The quantitative estimate of drug-likeness (QED) is 0.433. The predicted molar refractivity (Wildman–Crippen MR) is 115 cm³/mol. The predicted octanol–water partition coefficient (Wildman–Crippen LogP) is 2.93. The number of aromatic nitrogens is 6. The van der Waals surface area contributed by atoms with E-state index in [1.807, 2.05) is 0 Å². The van der Waals surface area contributed by atoms with Crippen molar-refractivity contribution in [3.05, 3.63) is 29.6 Å². The van der Waals surface area contributed by atoms with Crippen molar-refractivity contribution in [2.75, 3.05) is 10.6 Å². The normalized spacial score (nSPS) is 13.8. The first-order chi connectivity index (χ1) is 15.4. The molecule has 1 saturated carbocycles. The molecule has 4 rings (SSSR count). The number of aromatic carboxylic acids is 1. The Morgan fingerprint density at radius 3 is 2.72 bits per heavy atom. The van der Waals surface area contributed by atoms with E-state index in [1.165, 1.54) is 10.9 Å². The minimum atomic E-state index is -1.25. The van der Waals surface area contributed by atoms with E-state index in [2.05, 4.69) is 36.1 Å².